The summed E-state index contributed by atoms with van der Waals surface area (Å²) in [5, 5.41) is 1.35. The van der Waals surface area contributed by atoms with E-state index in [4.69, 9.17) is 0 Å². The first-order chi connectivity index (χ1) is 15.9. The van der Waals surface area contributed by atoms with Gasteiger partial charge in [0.1, 0.15) is 0 Å². The third kappa shape index (κ3) is 2.72. The number of nitrogens with one attached hydrogen (secondary N) is 1. The molecule has 2 nitrogen and oxygen atoms in total. The van der Waals surface area contributed by atoms with Crippen LogP contribution in [0.5, 0.6) is 0 Å². The van der Waals surface area contributed by atoms with Crippen LogP contribution in [-0.4, -0.2) is 11.0 Å². The molecule has 1 N–H and O–H groups in total. The van der Waals surface area contributed by atoms with Gasteiger partial charge >= 0.3 is 0 Å². The maximum atomic E-state index is 3.64. The zero-order chi connectivity index (χ0) is 21.1. The number of benzene rings is 2. The highest BCUT2D eigenvalue weighted by atomic mass is 15.2. The van der Waals surface area contributed by atoms with Crippen molar-refractivity contribution < 1.29 is 0 Å². The standard InChI is InChI=1S/C30H28N2/c1-2-8-22(9-3-1)32-29-13-7-5-11-24(29)26-19-21(15-17-30(26)32)20-14-16-28-25(18-20)23-10-4-6-12-27(23)31-28/h2,4-5,7-10,14-19,24,29,31H,1,3,6,11-13H2. The lowest BCUT2D eigenvalue weighted by molar-refractivity contribution is 0.537. The molecule has 3 aliphatic carbocycles. The number of nitrogens with zero attached hydrogens (tertiary/aromatic N) is 1. The largest absolute Gasteiger partial charge is 0.358 e. The monoisotopic (exact) mass is 416 g/mol. The molecule has 158 valence electrons. The van der Waals surface area contributed by atoms with Crippen molar-refractivity contribution in [3.8, 4) is 11.1 Å². The van der Waals surface area contributed by atoms with Crippen molar-refractivity contribution >= 4 is 22.7 Å². The first-order valence-electron chi connectivity index (χ1n) is 12.1. The van der Waals surface area contributed by atoms with Gasteiger partial charge in [-0.25, -0.2) is 0 Å². The van der Waals surface area contributed by atoms with Crippen LogP contribution in [0.1, 0.15) is 54.8 Å². The minimum atomic E-state index is 0.545. The van der Waals surface area contributed by atoms with Gasteiger partial charge in [-0.1, -0.05) is 48.6 Å². The molecule has 4 aliphatic rings. The van der Waals surface area contributed by atoms with Gasteiger partial charge in [0.25, 0.3) is 0 Å². The number of aromatic nitrogens is 1. The molecule has 7 rings (SSSR count). The van der Waals surface area contributed by atoms with E-state index in [2.05, 4.69) is 88.8 Å². The molecule has 1 aliphatic heterocycles. The van der Waals surface area contributed by atoms with E-state index in [0.29, 0.717) is 12.0 Å². The summed E-state index contributed by atoms with van der Waals surface area (Å²) in [6.07, 6.45) is 23.3. The van der Waals surface area contributed by atoms with E-state index in [0.717, 1.165) is 38.5 Å². The minimum Gasteiger partial charge on any atom is -0.358 e. The van der Waals surface area contributed by atoms with E-state index in [1.54, 1.807) is 0 Å². The molecule has 2 aromatic carbocycles. The fraction of sp³-hybridized carbons (Fsp3) is 0.267. The van der Waals surface area contributed by atoms with Gasteiger partial charge in [-0.3, -0.25) is 0 Å². The molecular weight excluding hydrogens is 388 g/mol. The molecule has 0 saturated heterocycles. The van der Waals surface area contributed by atoms with Gasteiger partial charge in [0.2, 0.25) is 0 Å². The Labute approximate surface area is 189 Å². The molecule has 32 heavy (non-hydrogen) atoms. The maximum absolute atomic E-state index is 3.64. The molecule has 0 fully saturated rings. The third-order valence-electron chi connectivity index (χ3n) is 7.77. The predicted molar refractivity (Wildman–Crippen MR) is 135 cm³/mol. The summed E-state index contributed by atoms with van der Waals surface area (Å²) in [5.41, 5.74) is 11.0. The molecule has 0 bridgehead atoms. The molecular formula is C30H28N2. The van der Waals surface area contributed by atoms with Crippen LogP contribution in [-0.2, 0) is 6.42 Å². The second-order valence-electron chi connectivity index (χ2n) is 9.59. The lowest BCUT2D eigenvalue weighted by atomic mass is 9.85. The second kappa shape index (κ2) is 7.13. The molecule has 0 amide bonds. The molecule has 3 aromatic rings. The second-order valence-corrected chi connectivity index (χ2v) is 9.59. The van der Waals surface area contributed by atoms with Gasteiger partial charge in [-0.2, -0.15) is 0 Å². The summed E-state index contributed by atoms with van der Waals surface area (Å²) in [6, 6.07) is 14.7. The summed E-state index contributed by atoms with van der Waals surface area (Å²) >= 11 is 0. The number of H-pyrrole nitrogens is 1. The smallest absolute Gasteiger partial charge is 0.0462 e. The Morgan fingerprint density at radius 1 is 0.812 bits per heavy atom. The number of allylic oxidation sites excluding steroid dienone is 5. The van der Waals surface area contributed by atoms with Crippen LogP contribution in [0.4, 0.5) is 5.69 Å². The van der Waals surface area contributed by atoms with Crippen LogP contribution in [0.2, 0.25) is 0 Å². The van der Waals surface area contributed by atoms with Crippen LogP contribution < -0.4 is 4.90 Å². The van der Waals surface area contributed by atoms with E-state index >= 15 is 0 Å². The summed E-state index contributed by atoms with van der Waals surface area (Å²) in [4.78, 5) is 6.26. The first kappa shape index (κ1) is 18.3. The van der Waals surface area contributed by atoms with Crippen LogP contribution in [0.3, 0.4) is 0 Å². The third-order valence-corrected chi connectivity index (χ3v) is 7.77. The van der Waals surface area contributed by atoms with Crippen molar-refractivity contribution in [3.05, 3.63) is 95.4 Å². The molecule has 0 radical (unpaired) electrons. The highest BCUT2D eigenvalue weighted by molar-refractivity contribution is 5.94. The van der Waals surface area contributed by atoms with Crippen molar-refractivity contribution in [2.75, 3.05) is 4.90 Å². The summed E-state index contributed by atoms with van der Waals surface area (Å²) in [6.45, 7) is 0. The SMILES string of the molecule is C1=CC(N2c3ccc(-c4ccc5[nH]c6c(c5c4)C=CCC6)cc3C3CC=CCC32)=CCC1. The van der Waals surface area contributed by atoms with Crippen molar-refractivity contribution in [2.45, 2.75) is 50.5 Å². The van der Waals surface area contributed by atoms with Gasteiger partial charge in [0, 0.05) is 45.5 Å². The van der Waals surface area contributed by atoms with Gasteiger partial charge in [0.05, 0.1) is 0 Å². The fourth-order valence-electron chi connectivity index (χ4n) is 6.22. The topological polar surface area (TPSA) is 19.0 Å². The quantitative estimate of drug-likeness (QED) is 0.425. The zero-order valence-electron chi connectivity index (χ0n) is 18.4. The highest BCUT2D eigenvalue weighted by Gasteiger charge is 2.39. The van der Waals surface area contributed by atoms with E-state index in [1.807, 2.05) is 0 Å². The molecule has 1 aromatic heterocycles. The van der Waals surface area contributed by atoms with Gasteiger partial charge < -0.3 is 9.88 Å². The van der Waals surface area contributed by atoms with E-state index in [-0.39, 0.29) is 0 Å². The highest BCUT2D eigenvalue weighted by Crippen LogP contribution is 2.49. The average Bonchev–Trinajstić information content (AvgIpc) is 3.39. The van der Waals surface area contributed by atoms with Crippen molar-refractivity contribution in [1.29, 1.82) is 0 Å². The number of hydrogen-bond acceptors (Lipinski definition) is 1. The van der Waals surface area contributed by atoms with Crippen LogP contribution >= 0.6 is 0 Å². The number of aryl methyl sites for hydroxylation is 1. The molecule has 0 saturated carbocycles. The van der Waals surface area contributed by atoms with Gasteiger partial charge in [0.15, 0.2) is 0 Å². The molecule has 2 atom stereocenters. The first-order valence-corrected chi connectivity index (χ1v) is 12.1. The van der Waals surface area contributed by atoms with Crippen molar-refractivity contribution in [3.63, 3.8) is 0 Å². The Bertz CT molecular complexity index is 1350. The van der Waals surface area contributed by atoms with E-state index in [1.165, 1.54) is 50.2 Å². The normalized spacial score (nSPS) is 23.2. The lowest BCUT2D eigenvalue weighted by Gasteiger charge is -2.33. The number of anilines is 1. The zero-order valence-corrected chi connectivity index (χ0v) is 18.4. The number of hydrogen-bond donors (Lipinski definition) is 1. The fourth-order valence-corrected chi connectivity index (χ4v) is 6.22. The average molecular weight is 417 g/mol. The lowest BCUT2D eigenvalue weighted by Crippen LogP contribution is -2.34. The maximum Gasteiger partial charge on any atom is 0.0462 e. The Kier molecular flexibility index (Phi) is 4.08. The molecule has 0 spiro atoms. The van der Waals surface area contributed by atoms with E-state index in [9.17, 15) is 0 Å². The molecule has 2 heterocycles. The van der Waals surface area contributed by atoms with Gasteiger partial charge in [-0.15, -0.1) is 0 Å². The number of fused-ring (bicyclic) bond motifs is 6. The molecule has 2 unspecified atom stereocenters. The summed E-state index contributed by atoms with van der Waals surface area (Å²) in [7, 11) is 0. The minimum absolute atomic E-state index is 0.545. The summed E-state index contributed by atoms with van der Waals surface area (Å²) in [5.74, 6) is 0.581. The Morgan fingerprint density at radius 3 is 2.62 bits per heavy atom. The summed E-state index contributed by atoms with van der Waals surface area (Å²) < 4.78 is 0. The van der Waals surface area contributed by atoms with Crippen LogP contribution in [0, 0.1) is 0 Å². The number of aromatic amines is 1. The predicted octanol–water partition coefficient (Wildman–Crippen LogP) is 7.65. The Morgan fingerprint density at radius 2 is 1.69 bits per heavy atom. The van der Waals surface area contributed by atoms with Crippen LogP contribution in [0.15, 0.2) is 78.6 Å². The van der Waals surface area contributed by atoms with Crippen molar-refractivity contribution in [2.24, 2.45) is 0 Å². The Hall–Kier alpha value is -3.26. The van der Waals surface area contributed by atoms with E-state index < -0.39 is 0 Å². The van der Waals surface area contributed by atoms with Gasteiger partial charge in [-0.05, 0) is 85.6 Å². The Balaban J connectivity index is 1.34. The number of rotatable bonds is 2. The molecule has 2 heteroatoms. The van der Waals surface area contributed by atoms with Crippen molar-refractivity contribution in [1.82, 2.24) is 4.98 Å². The van der Waals surface area contributed by atoms with Crippen LogP contribution in [0.25, 0.3) is 28.1 Å².